The molecule has 0 spiro atoms. The smallest absolute Gasteiger partial charge is 0.331 e. The second-order valence-corrected chi connectivity index (χ2v) is 6.26. The zero-order chi connectivity index (χ0) is 17.8. The second kappa shape index (κ2) is 7.44. The summed E-state index contributed by atoms with van der Waals surface area (Å²) in [4.78, 5) is 31.1. The maximum atomic E-state index is 12.1. The summed E-state index contributed by atoms with van der Waals surface area (Å²) in [5.41, 5.74) is 1.17. The van der Waals surface area contributed by atoms with Crippen molar-refractivity contribution in [3.63, 3.8) is 0 Å². The minimum atomic E-state index is -0.673. The maximum absolute atomic E-state index is 12.1. The molecule has 25 heavy (non-hydrogen) atoms. The number of halogens is 1. The molecule has 3 aromatic rings. The minimum Gasteiger partial charge on any atom is -0.451 e. The van der Waals surface area contributed by atoms with Gasteiger partial charge in [-0.2, -0.15) is 0 Å². The molecule has 1 atom stereocenters. The number of hydrogen-bond acceptors (Lipinski definition) is 4. The lowest BCUT2D eigenvalue weighted by Crippen LogP contribution is -2.16. The van der Waals surface area contributed by atoms with Gasteiger partial charge in [0.1, 0.15) is 0 Å². The third-order valence-electron chi connectivity index (χ3n) is 3.61. The molecule has 0 fully saturated rings. The number of nitrogens with zero attached hydrogens (tertiary/aromatic N) is 1. The summed E-state index contributed by atoms with van der Waals surface area (Å²) in [6.07, 6.45) is 2.33. The van der Waals surface area contributed by atoms with Crippen LogP contribution in [0.25, 0.3) is 17.0 Å². The average molecular weight is 399 g/mol. The fourth-order valence-electron chi connectivity index (χ4n) is 2.33. The number of aromatic nitrogens is 2. The summed E-state index contributed by atoms with van der Waals surface area (Å²) in [6, 6.07) is 14.5. The Morgan fingerprint density at radius 2 is 1.92 bits per heavy atom. The van der Waals surface area contributed by atoms with Gasteiger partial charge in [-0.15, -0.1) is 0 Å². The molecule has 0 aliphatic heterocycles. The van der Waals surface area contributed by atoms with Crippen molar-refractivity contribution in [1.29, 1.82) is 0 Å². The van der Waals surface area contributed by atoms with Crippen LogP contribution < -0.4 is 5.56 Å². The van der Waals surface area contributed by atoms with Crippen LogP contribution in [0.3, 0.4) is 0 Å². The van der Waals surface area contributed by atoms with Crippen molar-refractivity contribution in [2.75, 3.05) is 0 Å². The van der Waals surface area contributed by atoms with Gasteiger partial charge in [0.25, 0.3) is 5.56 Å². The molecule has 1 N–H and O–H groups in total. The van der Waals surface area contributed by atoms with Gasteiger partial charge in [0, 0.05) is 10.5 Å². The Balaban J connectivity index is 1.76. The molecule has 0 saturated heterocycles. The van der Waals surface area contributed by atoms with Crippen LogP contribution in [0.2, 0.25) is 0 Å². The van der Waals surface area contributed by atoms with Crippen molar-refractivity contribution < 1.29 is 9.53 Å². The molecule has 0 aliphatic rings. The highest BCUT2D eigenvalue weighted by Gasteiger charge is 2.14. The Labute approximate surface area is 152 Å². The van der Waals surface area contributed by atoms with Crippen LogP contribution in [-0.4, -0.2) is 15.9 Å². The number of rotatable bonds is 4. The van der Waals surface area contributed by atoms with Gasteiger partial charge in [-0.25, -0.2) is 9.78 Å². The van der Waals surface area contributed by atoms with E-state index in [1.165, 1.54) is 6.08 Å². The van der Waals surface area contributed by atoms with Gasteiger partial charge in [-0.05, 0) is 36.8 Å². The summed E-state index contributed by atoms with van der Waals surface area (Å²) >= 11 is 3.41. The van der Waals surface area contributed by atoms with E-state index in [0.717, 1.165) is 10.0 Å². The van der Waals surface area contributed by atoms with E-state index < -0.39 is 12.1 Å². The number of aromatic amines is 1. The molecule has 0 radical (unpaired) electrons. The van der Waals surface area contributed by atoms with E-state index in [1.54, 1.807) is 37.3 Å². The maximum Gasteiger partial charge on any atom is 0.331 e. The third-order valence-corrected chi connectivity index (χ3v) is 4.34. The summed E-state index contributed by atoms with van der Waals surface area (Å²) in [5, 5.41) is 0.499. The first-order chi connectivity index (χ1) is 12.0. The largest absolute Gasteiger partial charge is 0.451 e. The van der Waals surface area contributed by atoms with Crippen molar-refractivity contribution >= 4 is 38.9 Å². The first-order valence-corrected chi connectivity index (χ1v) is 8.46. The molecule has 6 heteroatoms. The molecule has 0 amide bonds. The standard InChI is InChI=1S/C19H15BrN2O3/c1-12(18-21-16-9-5-3-7-14(16)19(24)22-18)25-17(23)11-10-13-6-2-4-8-15(13)20/h2-12H,1H3,(H,21,22,24)/b11-10+/t12-/m0/s1. The highest BCUT2D eigenvalue weighted by molar-refractivity contribution is 9.10. The number of hydrogen-bond donors (Lipinski definition) is 1. The summed E-state index contributed by atoms with van der Waals surface area (Å²) in [5.74, 6) is -0.203. The van der Waals surface area contributed by atoms with E-state index in [1.807, 2.05) is 24.3 Å². The van der Waals surface area contributed by atoms with Crippen LogP contribution in [0, 0.1) is 0 Å². The van der Waals surface area contributed by atoms with Crippen LogP contribution in [0.4, 0.5) is 0 Å². The van der Waals surface area contributed by atoms with Crippen molar-refractivity contribution in [3.8, 4) is 0 Å². The van der Waals surface area contributed by atoms with Crippen molar-refractivity contribution in [3.05, 3.63) is 80.8 Å². The predicted molar refractivity (Wildman–Crippen MR) is 100 cm³/mol. The average Bonchev–Trinajstić information content (AvgIpc) is 2.61. The van der Waals surface area contributed by atoms with Crippen molar-refractivity contribution in [2.45, 2.75) is 13.0 Å². The molecule has 0 aliphatic carbocycles. The number of fused-ring (bicyclic) bond motifs is 1. The fourth-order valence-corrected chi connectivity index (χ4v) is 2.75. The molecule has 3 rings (SSSR count). The number of nitrogens with one attached hydrogen (secondary N) is 1. The van der Waals surface area contributed by atoms with E-state index in [-0.39, 0.29) is 5.56 Å². The Bertz CT molecular complexity index is 1010. The molecular weight excluding hydrogens is 384 g/mol. The summed E-state index contributed by atoms with van der Waals surface area (Å²) in [7, 11) is 0. The van der Waals surface area contributed by atoms with E-state index in [9.17, 15) is 9.59 Å². The number of carbonyl (C=O) groups is 1. The lowest BCUT2D eigenvalue weighted by Gasteiger charge is -2.11. The number of esters is 1. The monoisotopic (exact) mass is 398 g/mol. The van der Waals surface area contributed by atoms with Gasteiger partial charge in [0.05, 0.1) is 10.9 Å². The first-order valence-electron chi connectivity index (χ1n) is 7.67. The van der Waals surface area contributed by atoms with E-state index in [4.69, 9.17) is 4.74 Å². The molecule has 5 nitrogen and oxygen atoms in total. The highest BCUT2D eigenvalue weighted by atomic mass is 79.9. The second-order valence-electron chi connectivity index (χ2n) is 5.40. The first kappa shape index (κ1) is 17.1. The van der Waals surface area contributed by atoms with Gasteiger partial charge < -0.3 is 9.72 Å². The van der Waals surface area contributed by atoms with Crippen molar-refractivity contribution in [1.82, 2.24) is 9.97 Å². The Hall–Kier alpha value is -2.73. The van der Waals surface area contributed by atoms with Crippen LogP contribution in [-0.2, 0) is 9.53 Å². The lowest BCUT2D eigenvalue weighted by molar-refractivity contribution is -0.142. The summed E-state index contributed by atoms with van der Waals surface area (Å²) < 4.78 is 6.21. The van der Waals surface area contributed by atoms with E-state index >= 15 is 0 Å². The molecule has 2 aromatic carbocycles. The van der Waals surface area contributed by atoms with Gasteiger partial charge in [0.15, 0.2) is 11.9 Å². The van der Waals surface area contributed by atoms with E-state index in [2.05, 4.69) is 25.9 Å². The Kier molecular flexibility index (Phi) is 5.09. The SMILES string of the molecule is C[C@H](OC(=O)/C=C/c1ccccc1Br)c1nc2ccccc2c(=O)[nH]1. The van der Waals surface area contributed by atoms with Gasteiger partial charge >= 0.3 is 5.97 Å². The van der Waals surface area contributed by atoms with Gasteiger partial charge in [-0.1, -0.05) is 46.3 Å². The fraction of sp³-hybridized carbons (Fsp3) is 0.105. The van der Waals surface area contributed by atoms with Gasteiger partial charge in [-0.3, -0.25) is 4.79 Å². The number of ether oxygens (including phenoxy) is 1. The Morgan fingerprint density at radius 3 is 2.72 bits per heavy atom. The Morgan fingerprint density at radius 1 is 1.20 bits per heavy atom. The lowest BCUT2D eigenvalue weighted by atomic mass is 10.2. The molecule has 1 heterocycles. The zero-order valence-electron chi connectivity index (χ0n) is 13.4. The van der Waals surface area contributed by atoms with E-state index in [0.29, 0.717) is 16.7 Å². The van der Waals surface area contributed by atoms with Crippen LogP contribution in [0.15, 0.2) is 63.9 Å². The molecule has 0 unspecified atom stereocenters. The highest BCUT2D eigenvalue weighted by Crippen LogP contribution is 2.18. The molecule has 1 aromatic heterocycles. The van der Waals surface area contributed by atoms with Crippen LogP contribution >= 0.6 is 15.9 Å². The number of H-pyrrole nitrogens is 1. The zero-order valence-corrected chi connectivity index (χ0v) is 15.0. The van der Waals surface area contributed by atoms with Crippen LogP contribution in [0.5, 0.6) is 0 Å². The molecular formula is C19H15BrN2O3. The van der Waals surface area contributed by atoms with Gasteiger partial charge in [0.2, 0.25) is 0 Å². The molecule has 126 valence electrons. The minimum absolute atomic E-state index is 0.257. The summed E-state index contributed by atoms with van der Waals surface area (Å²) in [6.45, 7) is 1.66. The van der Waals surface area contributed by atoms with Crippen molar-refractivity contribution in [2.24, 2.45) is 0 Å². The number of carbonyl (C=O) groups excluding carboxylic acids is 1. The number of benzene rings is 2. The normalized spacial score (nSPS) is 12.4. The van der Waals surface area contributed by atoms with Crippen LogP contribution in [0.1, 0.15) is 24.4 Å². The topological polar surface area (TPSA) is 72.0 Å². The third kappa shape index (κ3) is 4.03. The quantitative estimate of drug-likeness (QED) is 0.532. The predicted octanol–water partition coefficient (Wildman–Crippen LogP) is 4.00. The number of para-hydroxylation sites is 1. The molecule has 0 bridgehead atoms. The molecule has 0 saturated carbocycles.